The molecule has 0 atom stereocenters. The third kappa shape index (κ3) is 2.12. The van der Waals surface area contributed by atoms with Gasteiger partial charge in [0.2, 0.25) is 0 Å². The van der Waals surface area contributed by atoms with Crippen molar-refractivity contribution in [1.29, 1.82) is 5.26 Å². The molecule has 0 aromatic carbocycles. The quantitative estimate of drug-likeness (QED) is 0.695. The fourth-order valence-electron chi connectivity index (χ4n) is 1.58. The second-order valence-corrected chi connectivity index (χ2v) is 3.66. The van der Waals surface area contributed by atoms with Gasteiger partial charge in [-0.3, -0.25) is 0 Å². The molecule has 0 bridgehead atoms. The van der Waals surface area contributed by atoms with E-state index < -0.39 is 0 Å². The Morgan fingerprint density at radius 2 is 2.15 bits per heavy atom. The molecule has 1 aromatic heterocycles. The molecule has 0 radical (unpaired) electrons. The van der Waals surface area contributed by atoms with E-state index >= 15 is 0 Å². The van der Waals surface area contributed by atoms with Gasteiger partial charge in [0.05, 0.1) is 0 Å². The lowest BCUT2D eigenvalue weighted by Gasteiger charge is -2.09. The van der Waals surface area contributed by atoms with Crippen LogP contribution in [-0.4, -0.2) is 4.57 Å². The second-order valence-electron chi connectivity index (χ2n) is 3.66. The molecule has 13 heavy (non-hydrogen) atoms. The van der Waals surface area contributed by atoms with E-state index in [1.54, 1.807) is 0 Å². The zero-order valence-corrected chi connectivity index (χ0v) is 8.54. The largest absolute Gasteiger partial charge is 0.337 e. The first kappa shape index (κ1) is 9.85. The lowest BCUT2D eigenvalue weighted by molar-refractivity contribution is 0.596. The molecule has 0 aliphatic rings. The molecule has 2 nitrogen and oxygen atoms in total. The summed E-state index contributed by atoms with van der Waals surface area (Å²) in [6, 6.07) is 6.16. The van der Waals surface area contributed by atoms with Crippen molar-refractivity contribution in [2.75, 3.05) is 0 Å². The van der Waals surface area contributed by atoms with Crippen LogP contribution in [0.2, 0.25) is 0 Å². The van der Waals surface area contributed by atoms with Crippen LogP contribution in [0.5, 0.6) is 0 Å². The smallest absolute Gasteiger partial charge is 0.120 e. The first-order valence-electron chi connectivity index (χ1n) is 4.77. The molecule has 0 amide bonds. The lowest BCUT2D eigenvalue weighted by atomic mass is 10.1. The Bertz CT molecular complexity index is 315. The van der Waals surface area contributed by atoms with Crippen molar-refractivity contribution in [2.45, 2.75) is 33.7 Å². The minimum Gasteiger partial charge on any atom is -0.337 e. The summed E-state index contributed by atoms with van der Waals surface area (Å²) < 4.78 is 2.08. The number of nitrogens with zero attached hydrogens (tertiary/aromatic N) is 2. The van der Waals surface area contributed by atoms with Gasteiger partial charge < -0.3 is 4.57 Å². The van der Waals surface area contributed by atoms with Crippen molar-refractivity contribution in [3.63, 3.8) is 0 Å². The summed E-state index contributed by atoms with van der Waals surface area (Å²) >= 11 is 0. The highest BCUT2D eigenvalue weighted by molar-refractivity contribution is 5.27. The third-order valence-electron chi connectivity index (χ3n) is 2.12. The Hall–Kier alpha value is -1.23. The van der Waals surface area contributed by atoms with Gasteiger partial charge >= 0.3 is 0 Å². The Balaban J connectivity index is 2.96. The summed E-state index contributed by atoms with van der Waals surface area (Å²) in [6.07, 6.45) is 1.05. The second kappa shape index (κ2) is 4.13. The maximum atomic E-state index is 8.83. The fraction of sp³-hybridized carbons (Fsp3) is 0.545. The van der Waals surface area contributed by atoms with Gasteiger partial charge in [0.1, 0.15) is 11.8 Å². The molecule has 0 spiro atoms. The zero-order valence-electron chi connectivity index (χ0n) is 8.54. The number of aromatic nitrogens is 1. The van der Waals surface area contributed by atoms with E-state index in [-0.39, 0.29) is 0 Å². The van der Waals surface area contributed by atoms with E-state index in [0.29, 0.717) is 5.92 Å². The number of hydrogen-bond donors (Lipinski definition) is 0. The van der Waals surface area contributed by atoms with Gasteiger partial charge in [-0.2, -0.15) is 5.26 Å². The van der Waals surface area contributed by atoms with E-state index in [1.807, 2.05) is 6.07 Å². The van der Waals surface area contributed by atoms with Gasteiger partial charge in [0.15, 0.2) is 0 Å². The summed E-state index contributed by atoms with van der Waals surface area (Å²) in [6.45, 7) is 7.35. The highest BCUT2D eigenvalue weighted by atomic mass is 15.0. The molecule has 1 rings (SSSR count). The van der Waals surface area contributed by atoms with Crippen LogP contribution in [0, 0.1) is 17.2 Å². The highest BCUT2D eigenvalue weighted by Crippen LogP contribution is 2.12. The number of nitriles is 1. The van der Waals surface area contributed by atoms with Crippen molar-refractivity contribution in [2.24, 2.45) is 5.92 Å². The Labute approximate surface area is 79.8 Å². The predicted molar refractivity (Wildman–Crippen MR) is 53.4 cm³/mol. The van der Waals surface area contributed by atoms with Crippen LogP contribution in [0.4, 0.5) is 0 Å². The molecular formula is C11H16N2. The van der Waals surface area contributed by atoms with Crippen LogP contribution in [0.15, 0.2) is 12.1 Å². The monoisotopic (exact) mass is 176 g/mol. The topological polar surface area (TPSA) is 28.7 Å². The first-order valence-corrected chi connectivity index (χ1v) is 4.77. The van der Waals surface area contributed by atoms with Crippen LogP contribution >= 0.6 is 0 Å². The van der Waals surface area contributed by atoms with Crippen LogP contribution in [0.3, 0.4) is 0 Å². The van der Waals surface area contributed by atoms with Gasteiger partial charge in [0.25, 0.3) is 0 Å². The van der Waals surface area contributed by atoms with Crippen LogP contribution in [0.25, 0.3) is 0 Å². The van der Waals surface area contributed by atoms with Crippen molar-refractivity contribution < 1.29 is 0 Å². The standard InChI is InChI=1S/C11H16N2/c1-4-13-10(7-9(2)3)5-6-11(13)8-12/h5-6,9H,4,7H2,1-3H3. The number of rotatable bonds is 3. The highest BCUT2D eigenvalue weighted by Gasteiger charge is 2.06. The molecule has 2 heteroatoms. The van der Waals surface area contributed by atoms with Crippen molar-refractivity contribution in [3.05, 3.63) is 23.5 Å². The molecule has 1 aromatic rings. The predicted octanol–water partition coefficient (Wildman–Crippen LogP) is 2.58. The molecule has 0 saturated carbocycles. The minimum atomic E-state index is 0.645. The molecule has 0 unspecified atom stereocenters. The first-order chi connectivity index (χ1) is 6.19. The van der Waals surface area contributed by atoms with Gasteiger partial charge in [-0.1, -0.05) is 13.8 Å². The Morgan fingerprint density at radius 1 is 1.46 bits per heavy atom. The van der Waals surface area contributed by atoms with Crippen LogP contribution < -0.4 is 0 Å². The average Bonchev–Trinajstić information content (AvgIpc) is 2.45. The maximum absolute atomic E-state index is 8.83. The molecule has 1 heterocycles. The summed E-state index contributed by atoms with van der Waals surface area (Å²) in [5, 5.41) is 8.83. The third-order valence-corrected chi connectivity index (χ3v) is 2.12. The van der Waals surface area contributed by atoms with Crippen molar-refractivity contribution in [3.8, 4) is 6.07 Å². The minimum absolute atomic E-state index is 0.645. The van der Waals surface area contributed by atoms with E-state index in [4.69, 9.17) is 5.26 Å². The Kier molecular flexibility index (Phi) is 3.13. The summed E-state index contributed by atoms with van der Waals surface area (Å²) in [5.41, 5.74) is 2.05. The van der Waals surface area contributed by atoms with Crippen molar-refractivity contribution >= 4 is 0 Å². The molecule has 0 aliphatic carbocycles. The van der Waals surface area contributed by atoms with E-state index in [0.717, 1.165) is 18.7 Å². The molecule has 0 fully saturated rings. The SMILES string of the molecule is CCn1c(C#N)ccc1CC(C)C. The fourth-order valence-corrected chi connectivity index (χ4v) is 1.58. The van der Waals surface area contributed by atoms with Crippen LogP contribution in [-0.2, 0) is 13.0 Å². The van der Waals surface area contributed by atoms with E-state index in [2.05, 4.69) is 37.5 Å². The van der Waals surface area contributed by atoms with Gasteiger partial charge in [-0.25, -0.2) is 0 Å². The van der Waals surface area contributed by atoms with Crippen molar-refractivity contribution in [1.82, 2.24) is 4.57 Å². The van der Waals surface area contributed by atoms with Gasteiger partial charge in [-0.15, -0.1) is 0 Å². The average molecular weight is 176 g/mol. The van der Waals surface area contributed by atoms with Gasteiger partial charge in [0, 0.05) is 12.2 Å². The lowest BCUT2D eigenvalue weighted by Crippen LogP contribution is -2.05. The summed E-state index contributed by atoms with van der Waals surface area (Å²) in [4.78, 5) is 0. The molecule has 70 valence electrons. The molecule has 0 N–H and O–H groups in total. The Morgan fingerprint density at radius 3 is 2.62 bits per heavy atom. The number of hydrogen-bond acceptors (Lipinski definition) is 1. The summed E-state index contributed by atoms with van der Waals surface area (Å²) in [5.74, 6) is 0.645. The molecule has 0 aliphatic heterocycles. The normalized spacial score (nSPS) is 10.4. The van der Waals surface area contributed by atoms with Gasteiger partial charge in [-0.05, 0) is 31.4 Å². The van der Waals surface area contributed by atoms with E-state index in [1.165, 1.54) is 5.69 Å². The molecular weight excluding hydrogens is 160 g/mol. The zero-order chi connectivity index (χ0) is 9.84. The van der Waals surface area contributed by atoms with E-state index in [9.17, 15) is 0 Å². The van der Waals surface area contributed by atoms with Crippen LogP contribution in [0.1, 0.15) is 32.2 Å². The summed E-state index contributed by atoms with van der Waals surface area (Å²) in [7, 11) is 0. The molecule has 0 saturated heterocycles. The maximum Gasteiger partial charge on any atom is 0.120 e.